The lowest BCUT2D eigenvalue weighted by Crippen LogP contribution is -2.41. The van der Waals surface area contributed by atoms with Gasteiger partial charge in [0.15, 0.2) is 11.5 Å². The molecule has 1 saturated carbocycles. The lowest BCUT2D eigenvalue weighted by molar-refractivity contribution is -0.138. The van der Waals surface area contributed by atoms with Gasteiger partial charge in [-0.25, -0.2) is 0 Å². The molecular formula is C21H30N2O4. The van der Waals surface area contributed by atoms with E-state index in [0.29, 0.717) is 23.1 Å². The van der Waals surface area contributed by atoms with Crippen LogP contribution in [0.15, 0.2) is 18.2 Å². The van der Waals surface area contributed by atoms with Crippen molar-refractivity contribution >= 4 is 17.5 Å². The number of anilines is 1. The van der Waals surface area contributed by atoms with Crippen molar-refractivity contribution in [1.82, 2.24) is 4.90 Å². The minimum atomic E-state index is -0.0384. The number of nitrogens with zero attached hydrogens (tertiary/aromatic N) is 1. The first-order valence-electron chi connectivity index (χ1n) is 9.94. The first-order valence-corrected chi connectivity index (χ1v) is 9.94. The molecule has 1 N–H and O–H groups in total. The number of methoxy groups -OCH3 is 2. The highest BCUT2D eigenvalue weighted by molar-refractivity contribution is 5.93. The maximum atomic E-state index is 12.7. The van der Waals surface area contributed by atoms with Gasteiger partial charge in [-0.2, -0.15) is 0 Å². The van der Waals surface area contributed by atoms with E-state index in [1.807, 2.05) is 11.0 Å². The van der Waals surface area contributed by atoms with Crippen molar-refractivity contribution in [2.24, 2.45) is 11.8 Å². The Hall–Kier alpha value is -2.24. The maximum Gasteiger partial charge on any atom is 0.227 e. The first kappa shape index (κ1) is 19.5. The van der Waals surface area contributed by atoms with Gasteiger partial charge in [-0.05, 0) is 57.1 Å². The van der Waals surface area contributed by atoms with E-state index in [1.54, 1.807) is 26.4 Å². The van der Waals surface area contributed by atoms with Gasteiger partial charge in [-0.3, -0.25) is 9.59 Å². The van der Waals surface area contributed by atoms with Crippen LogP contribution in [0, 0.1) is 11.8 Å². The summed E-state index contributed by atoms with van der Waals surface area (Å²) in [6.07, 6.45) is 6.61. The number of carbonyl (C=O) groups is 2. The number of amides is 2. The van der Waals surface area contributed by atoms with Gasteiger partial charge in [0.05, 0.1) is 14.2 Å². The van der Waals surface area contributed by atoms with Crippen LogP contribution >= 0.6 is 0 Å². The predicted octanol–water partition coefficient (Wildman–Crippen LogP) is 3.46. The molecule has 6 heteroatoms. The first-order chi connectivity index (χ1) is 13.1. The van der Waals surface area contributed by atoms with Crippen LogP contribution in [0.4, 0.5) is 5.69 Å². The van der Waals surface area contributed by atoms with E-state index in [2.05, 4.69) is 5.32 Å². The van der Waals surface area contributed by atoms with Crippen LogP contribution in [0.3, 0.4) is 0 Å². The van der Waals surface area contributed by atoms with Crippen LogP contribution in [-0.4, -0.2) is 44.0 Å². The van der Waals surface area contributed by atoms with Crippen molar-refractivity contribution < 1.29 is 19.1 Å². The summed E-state index contributed by atoms with van der Waals surface area (Å²) in [4.78, 5) is 27.3. The Morgan fingerprint density at radius 3 is 2.19 bits per heavy atom. The number of ether oxygens (including phenoxy) is 2. The number of hydrogen-bond acceptors (Lipinski definition) is 4. The van der Waals surface area contributed by atoms with E-state index in [4.69, 9.17) is 9.47 Å². The molecule has 2 fully saturated rings. The Bertz CT molecular complexity index is 662. The molecule has 0 unspecified atom stereocenters. The van der Waals surface area contributed by atoms with Crippen LogP contribution in [0.25, 0.3) is 0 Å². The summed E-state index contributed by atoms with van der Waals surface area (Å²) in [6, 6.07) is 5.36. The number of piperidine rings is 1. The highest BCUT2D eigenvalue weighted by Gasteiger charge is 2.32. The Labute approximate surface area is 161 Å². The Balaban J connectivity index is 1.52. The molecule has 0 atom stereocenters. The van der Waals surface area contributed by atoms with Crippen LogP contribution < -0.4 is 14.8 Å². The molecule has 2 amide bonds. The van der Waals surface area contributed by atoms with Crippen molar-refractivity contribution in [2.45, 2.75) is 44.9 Å². The van der Waals surface area contributed by atoms with Gasteiger partial charge in [0.2, 0.25) is 11.8 Å². The van der Waals surface area contributed by atoms with Crippen molar-refractivity contribution in [3.8, 4) is 11.5 Å². The van der Waals surface area contributed by atoms with Crippen LogP contribution in [0.1, 0.15) is 44.9 Å². The lowest BCUT2D eigenvalue weighted by Gasteiger charge is -2.33. The molecule has 148 valence electrons. The molecule has 27 heavy (non-hydrogen) atoms. The molecule has 1 heterocycles. The summed E-state index contributed by atoms with van der Waals surface area (Å²) in [5.74, 6) is 1.59. The Morgan fingerprint density at radius 2 is 1.56 bits per heavy atom. The van der Waals surface area contributed by atoms with Crippen LogP contribution in [0.2, 0.25) is 0 Å². The third-order valence-corrected chi connectivity index (χ3v) is 5.77. The number of likely N-dealkylation sites (tertiary alicyclic amines) is 1. The standard InChI is InChI=1S/C21H30N2O4/c1-26-18-11-10-17(14-19(18)27-2)22-20(24)15-6-8-16(9-7-15)21(25)23-12-4-3-5-13-23/h10-11,14-16H,3-9,12-13H2,1-2H3,(H,22,24). The molecule has 2 aliphatic rings. The number of nitrogens with one attached hydrogen (secondary N) is 1. The molecule has 1 aliphatic heterocycles. The third-order valence-electron chi connectivity index (χ3n) is 5.77. The average molecular weight is 374 g/mol. The fraction of sp³-hybridized carbons (Fsp3) is 0.619. The smallest absolute Gasteiger partial charge is 0.227 e. The molecule has 3 rings (SSSR count). The predicted molar refractivity (Wildman–Crippen MR) is 104 cm³/mol. The van der Waals surface area contributed by atoms with Gasteiger partial charge >= 0.3 is 0 Å². The van der Waals surface area contributed by atoms with Crippen molar-refractivity contribution in [2.75, 3.05) is 32.6 Å². The summed E-state index contributed by atoms with van der Waals surface area (Å²) in [7, 11) is 3.16. The number of benzene rings is 1. The molecule has 0 bridgehead atoms. The molecule has 1 aliphatic carbocycles. The maximum absolute atomic E-state index is 12.7. The fourth-order valence-corrected chi connectivity index (χ4v) is 4.13. The summed E-state index contributed by atoms with van der Waals surface area (Å²) in [6.45, 7) is 1.80. The van der Waals surface area contributed by atoms with E-state index < -0.39 is 0 Å². The van der Waals surface area contributed by atoms with Gasteiger partial charge in [0.25, 0.3) is 0 Å². The van der Waals surface area contributed by atoms with E-state index >= 15 is 0 Å². The molecule has 0 spiro atoms. The average Bonchev–Trinajstić information content (AvgIpc) is 2.73. The number of rotatable bonds is 5. The van der Waals surface area contributed by atoms with Crippen molar-refractivity contribution in [3.05, 3.63) is 18.2 Å². The Morgan fingerprint density at radius 1 is 0.926 bits per heavy atom. The molecular weight excluding hydrogens is 344 g/mol. The fourth-order valence-electron chi connectivity index (χ4n) is 4.13. The molecule has 0 radical (unpaired) electrons. The minimum absolute atomic E-state index is 0.0195. The van der Waals surface area contributed by atoms with Gasteiger partial charge in [-0.1, -0.05) is 0 Å². The molecule has 1 saturated heterocycles. The Kier molecular flexibility index (Phi) is 6.58. The van der Waals surface area contributed by atoms with E-state index in [9.17, 15) is 9.59 Å². The van der Waals surface area contributed by atoms with Crippen LogP contribution in [0.5, 0.6) is 11.5 Å². The highest BCUT2D eigenvalue weighted by Crippen LogP contribution is 2.33. The van der Waals surface area contributed by atoms with Crippen molar-refractivity contribution in [3.63, 3.8) is 0 Å². The zero-order chi connectivity index (χ0) is 19.2. The minimum Gasteiger partial charge on any atom is -0.493 e. The summed E-state index contributed by atoms with van der Waals surface area (Å²) in [5, 5.41) is 2.98. The third kappa shape index (κ3) is 4.73. The van der Waals surface area contributed by atoms with Crippen LogP contribution in [-0.2, 0) is 9.59 Å². The van der Waals surface area contributed by atoms with Crippen molar-refractivity contribution in [1.29, 1.82) is 0 Å². The second-order valence-corrected chi connectivity index (χ2v) is 7.49. The van der Waals surface area contributed by atoms with Gasteiger partial charge in [-0.15, -0.1) is 0 Å². The number of carbonyl (C=O) groups excluding carboxylic acids is 2. The van der Waals surface area contributed by atoms with E-state index in [0.717, 1.165) is 51.6 Å². The van der Waals surface area contributed by atoms with Gasteiger partial charge in [0.1, 0.15) is 0 Å². The lowest BCUT2D eigenvalue weighted by atomic mass is 9.80. The summed E-state index contributed by atoms with van der Waals surface area (Å²) >= 11 is 0. The summed E-state index contributed by atoms with van der Waals surface area (Å²) < 4.78 is 10.5. The quantitative estimate of drug-likeness (QED) is 0.857. The van der Waals surface area contributed by atoms with Gasteiger partial charge < -0.3 is 19.7 Å². The topological polar surface area (TPSA) is 67.9 Å². The highest BCUT2D eigenvalue weighted by atomic mass is 16.5. The zero-order valence-electron chi connectivity index (χ0n) is 16.3. The molecule has 1 aromatic rings. The van der Waals surface area contributed by atoms with Gasteiger partial charge in [0, 0.05) is 36.7 Å². The SMILES string of the molecule is COc1ccc(NC(=O)C2CCC(C(=O)N3CCCCC3)CC2)cc1OC. The molecule has 1 aromatic carbocycles. The monoisotopic (exact) mass is 374 g/mol. The van der Waals surface area contributed by atoms with E-state index in [-0.39, 0.29) is 17.7 Å². The largest absolute Gasteiger partial charge is 0.493 e. The zero-order valence-corrected chi connectivity index (χ0v) is 16.3. The molecule has 0 aromatic heterocycles. The summed E-state index contributed by atoms with van der Waals surface area (Å²) in [5.41, 5.74) is 0.698. The second-order valence-electron chi connectivity index (χ2n) is 7.49. The second kappa shape index (κ2) is 9.11. The normalized spacial score (nSPS) is 22.8. The number of hydrogen-bond donors (Lipinski definition) is 1. The molecule has 6 nitrogen and oxygen atoms in total. The van der Waals surface area contributed by atoms with E-state index in [1.165, 1.54) is 6.42 Å².